The van der Waals surface area contributed by atoms with Crippen LogP contribution >= 0.6 is 0 Å². The van der Waals surface area contributed by atoms with E-state index in [0.717, 1.165) is 12.5 Å². The lowest BCUT2D eigenvalue weighted by molar-refractivity contribution is 0.380. The summed E-state index contributed by atoms with van der Waals surface area (Å²) in [5.74, 6) is 1.49. The standard InChI is InChI=1S/C17H23N/c1-11-6-5-7-15-9-17(15,14(11)4)16-10-18-13(3)8-12(16)2/h5-6,8,15-16H,7,9-10H2,1-4H3. The van der Waals surface area contributed by atoms with Crippen molar-refractivity contribution in [3.63, 3.8) is 0 Å². The van der Waals surface area contributed by atoms with Crippen molar-refractivity contribution in [1.29, 1.82) is 0 Å². The van der Waals surface area contributed by atoms with Crippen LogP contribution in [0.1, 0.15) is 40.5 Å². The maximum atomic E-state index is 4.70. The third-order valence-electron chi connectivity index (χ3n) is 5.36. The summed E-state index contributed by atoms with van der Waals surface area (Å²) in [4.78, 5) is 4.70. The van der Waals surface area contributed by atoms with Crippen molar-refractivity contribution in [2.75, 3.05) is 6.54 Å². The lowest BCUT2D eigenvalue weighted by atomic mass is 9.74. The molecule has 3 atom stereocenters. The third kappa shape index (κ3) is 1.56. The quantitative estimate of drug-likeness (QED) is 0.648. The Bertz CT molecular complexity index is 504. The molecule has 0 spiro atoms. The van der Waals surface area contributed by atoms with E-state index in [4.69, 9.17) is 4.99 Å². The lowest BCUT2D eigenvalue weighted by Gasteiger charge is -2.32. The van der Waals surface area contributed by atoms with Gasteiger partial charge in [-0.2, -0.15) is 0 Å². The first-order valence-corrected chi connectivity index (χ1v) is 7.09. The van der Waals surface area contributed by atoms with Crippen LogP contribution in [0.5, 0.6) is 0 Å². The summed E-state index contributed by atoms with van der Waals surface area (Å²) in [6.07, 6.45) is 9.60. The molecule has 0 amide bonds. The van der Waals surface area contributed by atoms with Gasteiger partial charge in [-0.3, -0.25) is 4.99 Å². The Balaban J connectivity index is 1.99. The van der Waals surface area contributed by atoms with Gasteiger partial charge in [-0.25, -0.2) is 0 Å². The topological polar surface area (TPSA) is 12.4 Å². The van der Waals surface area contributed by atoms with E-state index in [9.17, 15) is 0 Å². The highest BCUT2D eigenvalue weighted by atomic mass is 14.8. The van der Waals surface area contributed by atoms with Gasteiger partial charge in [-0.1, -0.05) is 28.9 Å². The second-order valence-corrected chi connectivity index (χ2v) is 6.31. The molecule has 3 rings (SSSR count). The Labute approximate surface area is 110 Å². The van der Waals surface area contributed by atoms with E-state index in [1.807, 2.05) is 0 Å². The van der Waals surface area contributed by atoms with Gasteiger partial charge in [0.25, 0.3) is 0 Å². The van der Waals surface area contributed by atoms with Gasteiger partial charge in [0.2, 0.25) is 0 Å². The van der Waals surface area contributed by atoms with Crippen molar-refractivity contribution in [2.45, 2.75) is 40.5 Å². The highest BCUT2D eigenvalue weighted by Crippen LogP contribution is 2.67. The fraction of sp³-hybridized carbons (Fsp3) is 0.588. The molecule has 2 aliphatic carbocycles. The first kappa shape index (κ1) is 12.0. The zero-order chi connectivity index (χ0) is 12.9. The van der Waals surface area contributed by atoms with Crippen LogP contribution in [0.4, 0.5) is 0 Å². The van der Waals surface area contributed by atoms with E-state index in [1.54, 1.807) is 11.1 Å². The van der Waals surface area contributed by atoms with E-state index in [-0.39, 0.29) is 0 Å². The Hall–Kier alpha value is -1.11. The molecule has 1 heterocycles. The van der Waals surface area contributed by atoms with E-state index in [0.29, 0.717) is 11.3 Å². The van der Waals surface area contributed by atoms with Gasteiger partial charge in [0.15, 0.2) is 0 Å². The summed E-state index contributed by atoms with van der Waals surface area (Å²) in [5, 5.41) is 0. The maximum absolute atomic E-state index is 4.70. The third-order valence-corrected chi connectivity index (χ3v) is 5.36. The smallest absolute Gasteiger partial charge is 0.0466 e. The molecule has 0 N–H and O–H groups in total. The monoisotopic (exact) mass is 241 g/mol. The molecule has 0 saturated heterocycles. The van der Waals surface area contributed by atoms with Crippen molar-refractivity contribution >= 4 is 5.71 Å². The minimum atomic E-state index is 0.429. The normalized spacial score (nSPS) is 38.9. The molecule has 3 unspecified atom stereocenters. The molecule has 0 bridgehead atoms. The highest BCUT2D eigenvalue weighted by molar-refractivity contribution is 5.94. The SMILES string of the molecule is CC1=CC(C)=NCC1C12CC1CC=CC(C)=C2C. The summed E-state index contributed by atoms with van der Waals surface area (Å²) < 4.78 is 0. The van der Waals surface area contributed by atoms with Gasteiger partial charge in [0.1, 0.15) is 0 Å². The van der Waals surface area contributed by atoms with Crippen LogP contribution in [0.2, 0.25) is 0 Å². The minimum Gasteiger partial charge on any atom is -0.289 e. The van der Waals surface area contributed by atoms with Crippen molar-refractivity contribution in [3.05, 3.63) is 34.9 Å². The minimum absolute atomic E-state index is 0.429. The second kappa shape index (κ2) is 3.94. The van der Waals surface area contributed by atoms with Crippen LogP contribution in [0.15, 0.2) is 39.9 Å². The highest BCUT2D eigenvalue weighted by Gasteiger charge is 2.60. The van der Waals surface area contributed by atoms with Gasteiger partial charge < -0.3 is 0 Å². The number of rotatable bonds is 1. The molecule has 0 aromatic carbocycles. The Morgan fingerprint density at radius 1 is 1.22 bits per heavy atom. The van der Waals surface area contributed by atoms with Crippen molar-refractivity contribution in [2.24, 2.45) is 22.2 Å². The molecule has 18 heavy (non-hydrogen) atoms. The molecular weight excluding hydrogens is 218 g/mol. The van der Waals surface area contributed by atoms with Gasteiger partial charge in [-0.15, -0.1) is 0 Å². The number of hydrogen-bond acceptors (Lipinski definition) is 1. The summed E-state index contributed by atoms with van der Waals surface area (Å²) in [6.45, 7) is 10.0. The molecule has 96 valence electrons. The fourth-order valence-corrected chi connectivity index (χ4v) is 4.12. The number of dihydropyridines is 1. The van der Waals surface area contributed by atoms with Crippen LogP contribution in [-0.4, -0.2) is 12.3 Å². The molecular formula is C17H23N. The van der Waals surface area contributed by atoms with Crippen molar-refractivity contribution < 1.29 is 0 Å². The Kier molecular flexibility index (Phi) is 2.62. The summed E-state index contributed by atoms with van der Waals surface area (Å²) >= 11 is 0. The summed E-state index contributed by atoms with van der Waals surface area (Å²) in [5.41, 5.74) is 6.27. The molecule has 1 heteroatoms. The van der Waals surface area contributed by atoms with Crippen LogP contribution in [0.3, 0.4) is 0 Å². The number of nitrogens with zero attached hydrogens (tertiary/aromatic N) is 1. The predicted molar refractivity (Wildman–Crippen MR) is 77.9 cm³/mol. The second-order valence-electron chi connectivity index (χ2n) is 6.31. The largest absolute Gasteiger partial charge is 0.289 e. The van der Waals surface area contributed by atoms with Gasteiger partial charge in [0.05, 0.1) is 0 Å². The molecule has 1 nitrogen and oxygen atoms in total. The summed E-state index contributed by atoms with van der Waals surface area (Å²) in [6, 6.07) is 0. The predicted octanol–water partition coefficient (Wildman–Crippen LogP) is 4.33. The first-order chi connectivity index (χ1) is 8.55. The molecule has 0 aromatic heterocycles. The molecule has 1 saturated carbocycles. The van der Waals surface area contributed by atoms with Crippen LogP contribution in [0.25, 0.3) is 0 Å². The fourth-order valence-electron chi connectivity index (χ4n) is 4.12. The lowest BCUT2D eigenvalue weighted by Crippen LogP contribution is -2.27. The van der Waals surface area contributed by atoms with Gasteiger partial charge in [-0.05, 0) is 52.5 Å². The molecule has 1 fully saturated rings. The molecule has 1 aliphatic heterocycles. The van der Waals surface area contributed by atoms with E-state index >= 15 is 0 Å². The van der Waals surface area contributed by atoms with E-state index in [1.165, 1.54) is 24.1 Å². The van der Waals surface area contributed by atoms with E-state index < -0.39 is 0 Å². The zero-order valence-electron chi connectivity index (χ0n) is 12.0. The van der Waals surface area contributed by atoms with Crippen molar-refractivity contribution in [3.8, 4) is 0 Å². The van der Waals surface area contributed by atoms with E-state index in [2.05, 4.69) is 45.9 Å². The Morgan fingerprint density at radius 2 is 2.00 bits per heavy atom. The number of fused-ring (bicyclic) bond motifs is 1. The average molecular weight is 241 g/mol. The van der Waals surface area contributed by atoms with Crippen LogP contribution < -0.4 is 0 Å². The molecule has 0 aromatic rings. The number of aliphatic imine (C=N–C) groups is 1. The van der Waals surface area contributed by atoms with Gasteiger partial charge >= 0.3 is 0 Å². The summed E-state index contributed by atoms with van der Waals surface area (Å²) in [7, 11) is 0. The zero-order valence-corrected chi connectivity index (χ0v) is 12.0. The maximum Gasteiger partial charge on any atom is 0.0466 e. The number of allylic oxidation sites excluding steroid dienone is 5. The van der Waals surface area contributed by atoms with Gasteiger partial charge in [0, 0.05) is 23.6 Å². The number of hydrogen-bond donors (Lipinski definition) is 0. The van der Waals surface area contributed by atoms with Crippen molar-refractivity contribution in [1.82, 2.24) is 0 Å². The van der Waals surface area contributed by atoms with Crippen LogP contribution in [0, 0.1) is 17.3 Å². The molecule has 0 radical (unpaired) electrons. The average Bonchev–Trinajstić information content (AvgIpc) is 3.03. The Morgan fingerprint density at radius 3 is 2.72 bits per heavy atom. The first-order valence-electron chi connectivity index (χ1n) is 7.09. The van der Waals surface area contributed by atoms with Crippen LogP contribution in [-0.2, 0) is 0 Å². The molecule has 3 aliphatic rings.